The van der Waals surface area contributed by atoms with Crippen molar-refractivity contribution in [1.82, 2.24) is 9.97 Å². The molecule has 1 aromatic heterocycles. The number of hydrogen-bond acceptors (Lipinski definition) is 6. The van der Waals surface area contributed by atoms with Gasteiger partial charge in [0.25, 0.3) is 0 Å². The molecule has 1 aliphatic heterocycles. The molecule has 0 amide bonds. The van der Waals surface area contributed by atoms with E-state index in [9.17, 15) is 0 Å². The van der Waals surface area contributed by atoms with E-state index in [4.69, 9.17) is 14.2 Å². The normalized spacial score (nSPS) is 13.0. The molecule has 0 saturated carbocycles. The van der Waals surface area contributed by atoms with E-state index in [2.05, 4.69) is 27.0 Å². The highest BCUT2D eigenvalue weighted by Gasteiger charge is 2.24. The van der Waals surface area contributed by atoms with Crippen LogP contribution < -0.4 is 19.1 Å². The number of ether oxygens (including phenoxy) is 3. The third-order valence-corrected chi connectivity index (χ3v) is 4.56. The van der Waals surface area contributed by atoms with Crippen LogP contribution in [0.3, 0.4) is 0 Å². The van der Waals surface area contributed by atoms with Crippen molar-refractivity contribution in [1.29, 1.82) is 0 Å². The Morgan fingerprint density at radius 3 is 2.48 bits per heavy atom. The lowest BCUT2D eigenvalue weighted by Crippen LogP contribution is -2.15. The summed E-state index contributed by atoms with van der Waals surface area (Å²) in [6, 6.07) is 9.96. The van der Waals surface area contributed by atoms with Gasteiger partial charge >= 0.3 is 0 Å². The number of rotatable bonds is 4. The third-order valence-electron chi connectivity index (χ3n) is 4.56. The van der Waals surface area contributed by atoms with Crippen molar-refractivity contribution in [2.75, 3.05) is 32.8 Å². The topological polar surface area (TPSA) is 56.7 Å². The highest BCUT2D eigenvalue weighted by Crippen LogP contribution is 2.40. The van der Waals surface area contributed by atoms with Gasteiger partial charge in [0.1, 0.15) is 17.9 Å². The van der Waals surface area contributed by atoms with Crippen LogP contribution in [0.15, 0.2) is 36.7 Å². The Morgan fingerprint density at radius 1 is 0.920 bits per heavy atom. The lowest BCUT2D eigenvalue weighted by Gasteiger charge is -2.20. The van der Waals surface area contributed by atoms with Crippen LogP contribution in [0.2, 0.25) is 0 Å². The molecule has 1 aliphatic rings. The van der Waals surface area contributed by atoms with E-state index in [0.29, 0.717) is 11.5 Å². The van der Waals surface area contributed by atoms with Gasteiger partial charge in [-0.1, -0.05) is 0 Å². The van der Waals surface area contributed by atoms with E-state index < -0.39 is 0 Å². The molecule has 0 unspecified atom stereocenters. The number of aromatic nitrogens is 2. The van der Waals surface area contributed by atoms with Crippen LogP contribution in [0.1, 0.15) is 5.56 Å². The molecular weight excluding hydrogens is 318 g/mol. The molecule has 128 valence electrons. The van der Waals surface area contributed by atoms with E-state index in [1.165, 1.54) is 5.56 Å². The number of nitrogens with zero attached hydrogens (tertiary/aromatic N) is 3. The summed E-state index contributed by atoms with van der Waals surface area (Å²) in [6.07, 6.45) is 2.54. The molecule has 25 heavy (non-hydrogen) atoms. The van der Waals surface area contributed by atoms with Crippen LogP contribution in [0.4, 0.5) is 11.5 Å². The van der Waals surface area contributed by atoms with E-state index in [0.717, 1.165) is 41.1 Å². The predicted octanol–water partition coefficient (Wildman–Crippen LogP) is 3.35. The first-order valence-electron chi connectivity index (χ1n) is 8.06. The molecular formula is C19H19N3O3. The fourth-order valence-corrected chi connectivity index (χ4v) is 3.31. The lowest BCUT2D eigenvalue weighted by molar-refractivity contribution is 0.356. The number of benzene rings is 2. The summed E-state index contributed by atoms with van der Waals surface area (Å²) in [5.74, 6) is 3.07. The van der Waals surface area contributed by atoms with E-state index >= 15 is 0 Å². The van der Waals surface area contributed by atoms with Crippen molar-refractivity contribution in [3.05, 3.63) is 42.2 Å². The predicted molar refractivity (Wildman–Crippen MR) is 96.3 cm³/mol. The average Bonchev–Trinajstić information content (AvgIpc) is 3.09. The van der Waals surface area contributed by atoms with Gasteiger partial charge in [-0.2, -0.15) is 0 Å². The molecule has 4 rings (SSSR count). The van der Waals surface area contributed by atoms with Crippen LogP contribution in [0, 0.1) is 0 Å². The Hall–Kier alpha value is -3.02. The van der Waals surface area contributed by atoms with Gasteiger partial charge in [-0.3, -0.25) is 0 Å². The second-order valence-corrected chi connectivity index (χ2v) is 5.82. The van der Waals surface area contributed by atoms with Gasteiger partial charge in [-0.15, -0.1) is 0 Å². The van der Waals surface area contributed by atoms with Crippen LogP contribution in [0.5, 0.6) is 17.2 Å². The molecule has 3 aromatic rings. The first-order valence-corrected chi connectivity index (χ1v) is 8.06. The summed E-state index contributed by atoms with van der Waals surface area (Å²) >= 11 is 0. The van der Waals surface area contributed by atoms with Crippen molar-refractivity contribution in [2.45, 2.75) is 6.42 Å². The maximum Gasteiger partial charge on any atom is 0.162 e. The van der Waals surface area contributed by atoms with Gasteiger partial charge in [0, 0.05) is 23.7 Å². The van der Waals surface area contributed by atoms with Crippen LogP contribution >= 0.6 is 0 Å². The summed E-state index contributed by atoms with van der Waals surface area (Å²) in [6.45, 7) is 0.864. The second kappa shape index (κ2) is 6.12. The molecule has 0 aliphatic carbocycles. The zero-order valence-electron chi connectivity index (χ0n) is 14.4. The molecule has 0 saturated heterocycles. The largest absolute Gasteiger partial charge is 0.497 e. The monoisotopic (exact) mass is 337 g/mol. The van der Waals surface area contributed by atoms with Crippen LogP contribution in [-0.4, -0.2) is 37.8 Å². The summed E-state index contributed by atoms with van der Waals surface area (Å²) < 4.78 is 16.2. The Bertz CT molecular complexity index is 943. The van der Waals surface area contributed by atoms with E-state index in [1.807, 2.05) is 18.2 Å². The number of anilines is 2. The van der Waals surface area contributed by atoms with Gasteiger partial charge in [0.15, 0.2) is 11.5 Å². The van der Waals surface area contributed by atoms with Crippen molar-refractivity contribution in [3.63, 3.8) is 0 Å². The number of methoxy groups -OCH3 is 3. The highest BCUT2D eigenvalue weighted by atomic mass is 16.5. The summed E-state index contributed by atoms with van der Waals surface area (Å²) in [4.78, 5) is 11.1. The molecule has 0 radical (unpaired) electrons. The van der Waals surface area contributed by atoms with Crippen molar-refractivity contribution in [2.24, 2.45) is 0 Å². The van der Waals surface area contributed by atoms with Crippen LogP contribution in [-0.2, 0) is 6.42 Å². The van der Waals surface area contributed by atoms with Gasteiger partial charge in [-0.25, -0.2) is 9.97 Å². The molecule has 6 heteroatoms. The molecule has 0 N–H and O–H groups in total. The van der Waals surface area contributed by atoms with Gasteiger partial charge in [-0.05, 0) is 36.2 Å². The third kappa shape index (κ3) is 2.50. The van der Waals surface area contributed by atoms with Gasteiger partial charge in [0.05, 0.1) is 26.8 Å². The number of hydrogen-bond donors (Lipinski definition) is 0. The van der Waals surface area contributed by atoms with Crippen molar-refractivity contribution in [3.8, 4) is 17.2 Å². The lowest BCUT2D eigenvalue weighted by atomic mass is 10.1. The Kier molecular flexibility index (Phi) is 3.80. The SMILES string of the molecule is COc1ccc2c(c1)CCN2c1ncnc2cc(OC)c(OC)cc12. The molecule has 0 spiro atoms. The smallest absolute Gasteiger partial charge is 0.162 e. The van der Waals surface area contributed by atoms with Gasteiger partial charge in [0.2, 0.25) is 0 Å². The van der Waals surface area contributed by atoms with E-state index in [-0.39, 0.29) is 0 Å². The molecule has 0 fully saturated rings. The first kappa shape index (κ1) is 15.5. The van der Waals surface area contributed by atoms with E-state index in [1.54, 1.807) is 27.7 Å². The minimum absolute atomic E-state index is 0.659. The Morgan fingerprint density at radius 2 is 1.72 bits per heavy atom. The maximum atomic E-state index is 5.45. The summed E-state index contributed by atoms with van der Waals surface area (Å²) in [7, 11) is 4.94. The number of fused-ring (bicyclic) bond motifs is 2. The zero-order chi connectivity index (χ0) is 17.4. The fourth-order valence-electron chi connectivity index (χ4n) is 3.31. The molecule has 0 atom stereocenters. The first-order chi connectivity index (χ1) is 12.2. The average molecular weight is 337 g/mol. The van der Waals surface area contributed by atoms with Crippen LogP contribution in [0.25, 0.3) is 10.9 Å². The summed E-state index contributed by atoms with van der Waals surface area (Å²) in [5.41, 5.74) is 3.23. The highest BCUT2D eigenvalue weighted by molar-refractivity contribution is 5.94. The minimum Gasteiger partial charge on any atom is -0.497 e. The fraction of sp³-hybridized carbons (Fsp3) is 0.263. The Balaban J connectivity index is 1.86. The van der Waals surface area contributed by atoms with Crippen molar-refractivity contribution >= 4 is 22.4 Å². The quantitative estimate of drug-likeness (QED) is 0.728. The maximum absolute atomic E-state index is 5.45. The van der Waals surface area contributed by atoms with Crippen molar-refractivity contribution < 1.29 is 14.2 Å². The molecule has 0 bridgehead atoms. The van der Waals surface area contributed by atoms with Gasteiger partial charge < -0.3 is 19.1 Å². The standard InChI is InChI=1S/C19H19N3O3/c1-23-13-4-5-16-12(8-13)6-7-22(16)19-14-9-17(24-2)18(25-3)10-15(14)20-11-21-19/h4-5,8-11H,6-7H2,1-3H3. The summed E-state index contributed by atoms with van der Waals surface area (Å²) in [5, 5.41) is 0.934. The minimum atomic E-state index is 0.659. The zero-order valence-corrected chi connectivity index (χ0v) is 14.4. The molecule has 2 aromatic carbocycles. The molecule has 2 heterocycles. The second-order valence-electron chi connectivity index (χ2n) is 5.82. The Labute approximate surface area is 146 Å². The molecule has 6 nitrogen and oxygen atoms in total.